The number of rotatable bonds is 6. The first-order chi connectivity index (χ1) is 9.70. The molecule has 2 atom stereocenters. The Morgan fingerprint density at radius 1 is 1.45 bits per heavy atom. The van der Waals surface area contributed by atoms with Crippen molar-refractivity contribution in [2.24, 2.45) is 0 Å². The SMILES string of the molecule is COCC(C)NC(=O)CN1CCCC1c1ccccc1. The van der Waals surface area contributed by atoms with Crippen LogP contribution in [0.2, 0.25) is 0 Å². The Morgan fingerprint density at radius 2 is 2.20 bits per heavy atom. The summed E-state index contributed by atoms with van der Waals surface area (Å²) in [6.45, 7) is 3.97. The van der Waals surface area contributed by atoms with E-state index in [4.69, 9.17) is 4.74 Å². The maximum atomic E-state index is 12.1. The van der Waals surface area contributed by atoms with E-state index in [1.54, 1.807) is 7.11 Å². The molecule has 110 valence electrons. The Hall–Kier alpha value is -1.39. The zero-order valence-corrected chi connectivity index (χ0v) is 12.3. The third-order valence-electron chi connectivity index (χ3n) is 3.72. The Labute approximate surface area is 121 Å². The van der Waals surface area contributed by atoms with Gasteiger partial charge in [-0.25, -0.2) is 0 Å². The third kappa shape index (κ3) is 4.05. The maximum absolute atomic E-state index is 12.1. The van der Waals surface area contributed by atoms with Crippen molar-refractivity contribution in [2.75, 3.05) is 26.8 Å². The molecule has 1 heterocycles. The molecular weight excluding hydrogens is 252 g/mol. The van der Waals surface area contributed by atoms with E-state index in [1.165, 1.54) is 5.56 Å². The van der Waals surface area contributed by atoms with Gasteiger partial charge in [-0.3, -0.25) is 9.69 Å². The fraction of sp³-hybridized carbons (Fsp3) is 0.562. The van der Waals surface area contributed by atoms with Gasteiger partial charge in [0, 0.05) is 19.2 Å². The van der Waals surface area contributed by atoms with Crippen LogP contribution in [-0.4, -0.2) is 43.7 Å². The Balaban J connectivity index is 1.90. The minimum absolute atomic E-state index is 0.0604. The van der Waals surface area contributed by atoms with Crippen LogP contribution in [0.4, 0.5) is 0 Å². The smallest absolute Gasteiger partial charge is 0.234 e. The second-order valence-corrected chi connectivity index (χ2v) is 5.46. The normalized spacial score (nSPS) is 20.8. The van der Waals surface area contributed by atoms with Crippen molar-refractivity contribution in [3.63, 3.8) is 0 Å². The summed E-state index contributed by atoms with van der Waals surface area (Å²) in [6.07, 6.45) is 2.28. The minimum atomic E-state index is 0.0604. The molecule has 1 aromatic rings. The number of hydrogen-bond acceptors (Lipinski definition) is 3. The van der Waals surface area contributed by atoms with Crippen molar-refractivity contribution < 1.29 is 9.53 Å². The van der Waals surface area contributed by atoms with Crippen molar-refractivity contribution in [1.29, 1.82) is 0 Å². The van der Waals surface area contributed by atoms with Crippen LogP contribution in [0.15, 0.2) is 30.3 Å². The first-order valence-corrected chi connectivity index (χ1v) is 7.28. The summed E-state index contributed by atoms with van der Waals surface area (Å²) < 4.78 is 5.04. The van der Waals surface area contributed by atoms with Crippen LogP contribution >= 0.6 is 0 Å². The highest BCUT2D eigenvalue weighted by Crippen LogP contribution is 2.31. The van der Waals surface area contributed by atoms with Gasteiger partial charge in [-0.05, 0) is 31.9 Å². The molecule has 0 aliphatic carbocycles. The molecule has 0 radical (unpaired) electrons. The first kappa shape index (κ1) is 15.0. The topological polar surface area (TPSA) is 41.6 Å². The van der Waals surface area contributed by atoms with E-state index in [-0.39, 0.29) is 11.9 Å². The molecule has 4 heteroatoms. The number of nitrogens with one attached hydrogen (secondary N) is 1. The molecule has 1 aliphatic rings. The van der Waals surface area contributed by atoms with Gasteiger partial charge < -0.3 is 10.1 Å². The van der Waals surface area contributed by atoms with Gasteiger partial charge in [0.1, 0.15) is 0 Å². The summed E-state index contributed by atoms with van der Waals surface area (Å²) in [7, 11) is 1.65. The molecule has 0 saturated carbocycles. The van der Waals surface area contributed by atoms with Crippen LogP contribution in [0.25, 0.3) is 0 Å². The van der Waals surface area contributed by atoms with Crippen molar-refractivity contribution in [3.05, 3.63) is 35.9 Å². The molecule has 1 saturated heterocycles. The van der Waals surface area contributed by atoms with Gasteiger partial charge in [-0.15, -0.1) is 0 Å². The van der Waals surface area contributed by atoms with Crippen LogP contribution in [0, 0.1) is 0 Å². The quantitative estimate of drug-likeness (QED) is 0.864. The van der Waals surface area contributed by atoms with Crippen LogP contribution in [0.5, 0.6) is 0 Å². The van der Waals surface area contributed by atoms with Gasteiger partial charge in [-0.1, -0.05) is 30.3 Å². The highest BCUT2D eigenvalue weighted by molar-refractivity contribution is 5.78. The van der Waals surface area contributed by atoms with Gasteiger partial charge in [-0.2, -0.15) is 0 Å². The van der Waals surface area contributed by atoms with Crippen LogP contribution in [0.3, 0.4) is 0 Å². The summed E-state index contributed by atoms with van der Waals surface area (Å²) in [4.78, 5) is 14.3. The van der Waals surface area contributed by atoms with E-state index < -0.39 is 0 Å². The molecule has 0 spiro atoms. The fourth-order valence-corrected chi connectivity index (χ4v) is 2.86. The Kier molecular flexibility index (Phi) is 5.56. The molecule has 20 heavy (non-hydrogen) atoms. The number of likely N-dealkylation sites (tertiary alicyclic amines) is 1. The number of nitrogens with zero attached hydrogens (tertiary/aromatic N) is 1. The van der Waals surface area contributed by atoms with E-state index in [0.717, 1.165) is 19.4 Å². The first-order valence-electron chi connectivity index (χ1n) is 7.28. The second kappa shape index (κ2) is 7.41. The van der Waals surface area contributed by atoms with E-state index in [9.17, 15) is 4.79 Å². The molecule has 2 rings (SSSR count). The number of amides is 1. The van der Waals surface area contributed by atoms with Crippen LogP contribution < -0.4 is 5.32 Å². The van der Waals surface area contributed by atoms with Gasteiger partial charge in [0.15, 0.2) is 0 Å². The predicted octanol–water partition coefficient (Wildman–Crippen LogP) is 1.97. The number of hydrogen-bond donors (Lipinski definition) is 1. The van der Waals surface area contributed by atoms with E-state index >= 15 is 0 Å². The molecule has 0 bridgehead atoms. The van der Waals surface area contributed by atoms with Crippen molar-refractivity contribution in [1.82, 2.24) is 10.2 Å². The van der Waals surface area contributed by atoms with Gasteiger partial charge in [0.2, 0.25) is 5.91 Å². The standard InChI is InChI=1S/C16H24N2O2/c1-13(12-20-2)17-16(19)11-18-10-6-9-15(18)14-7-4-3-5-8-14/h3-5,7-8,13,15H,6,9-12H2,1-2H3,(H,17,19). The molecule has 1 fully saturated rings. The van der Waals surface area contributed by atoms with Crippen molar-refractivity contribution in [2.45, 2.75) is 31.8 Å². The molecule has 1 N–H and O–H groups in total. The van der Waals surface area contributed by atoms with Crippen molar-refractivity contribution in [3.8, 4) is 0 Å². The summed E-state index contributed by atoms with van der Waals surface area (Å²) in [5.41, 5.74) is 1.31. The molecule has 1 aliphatic heterocycles. The number of benzene rings is 1. The lowest BCUT2D eigenvalue weighted by molar-refractivity contribution is -0.123. The summed E-state index contributed by atoms with van der Waals surface area (Å²) in [6, 6.07) is 10.9. The highest BCUT2D eigenvalue weighted by atomic mass is 16.5. The maximum Gasteiger partial charge on any atom is 0.234 e. The average Bonchev–Trinajstić information content (AvgIpc) is 2.87. The van der Waals surface area contributed by atoms with Crippen LogP contribution in [0.1, 0.15) is 31.4 Å². The van der Waals surface area contributed by atoms with E-state index in [0.29, 0.717) is 19.2 Å². The van der Waals surface area contributed by atoms with E-state index in [2.05, 4.69) is 34.5 Å². The predicted molar refractivity (Wildman–Crippen MR) is 79.5 cm³/mol. The summed E-state index contributed by atoms with van der Waals surface area (Å²) in [5.74, 6) is 0.0809. The molecular formula is C16H24N2O2. The molecule has 2 unspecified atom stereocenters. The Bertz CT molecular complexity index is 422. The highest BCUT2D eigenvalue weighted by Gasteiger charge is 2.27. The zero-order valence-electron chi connectivity index (χ0n) is 12.3. The Morgan fingerprint density at radius 3 is 2.90 bits per heavy atom. The summed E-state index contributed by atoms with van der Waals surface area (Å²) in [5, 5.41) is 2.97. The molecule has 4 nitrogen and oxygen atoms in total. The fourth-order valence-electron chi connectivity index (χ4n) is 2.86. The monoisotopic (exact) mass is 276 g/mol. The van der Waals surface area contributed by atoms with Gasteiger partial charge in [0.05, 0.1) is 13.2 Å². The van der Waals surface area contributed by atoms with Crippen LogP contribution in [-0.2, 0) is 9.53 Å². The summed E-state index contributed by atoms with van der Waals surface area (Å²) >= 11 is 0. The lowest BCUT2D eigenvalue weighted by atomic mass is 10.0. The van der Waals surface area contributed by atoms with Gasteiger partial charge >= 0.3 is 0 Å². The lowest BCUT2D eigenvalue weighted by Gasteiger charge is -2.25. The van der Waals surface area contributed by atoms with E-state index in [1.807, 2.05) is 13.0 Å². The number of methoxy groups -OCH3 is 1. The second-order valence-electron chi connectivity index (χ2n) is 5.46. The van der Waals surface area contributed by atoms with Gasteiger partial charge in [0.25, 0.3) is 0 Å². The number of carbonyl (C=O) groups is 1. The lowest BCUT2D eigenvalue weighted by Crippen LogP contribution is -2.42. The van der Waals surface area contributed by atoms with Crippen molar-refractivity contribution >= 4 is 5.91 Å². The number of carbonyl (C=O) groups excluding carboxylic acids is 1. The largest absolute Gasteiger partial charge is 0.383 e. The third-order valence-corrected chi connectivity index (χ3v) is 3.72. The zero-order chi connectivity index (χ0) is 14.4. The minimum Gasteiger partial charge on any atom is -0.383 e. The molecule has 1 aromatic carbocycles. The molecule has 1 amide bonds. The number of ether oxygens (including phenoxy) is 1. The average molecular weight is 276 g/mol. The molecule has 0 aromatic heterocycles.